The van der Waals surface area contributed by atoms with E-state index in [-0.39, 0.29) is 37.5 Å². The number of aryl methyl sites for hydroxylation is 1. The van der Waals surface area contributed by atoms with Crippen molar-refractivity contribution in [3.05, 3.63) is 54.1 Å². The predicted molar refractivity (Wildman–Crippen MR) is 151 cm³/mol. The molecule has 0 radical (unpaired) electrons. The third-order valence-electron chi connectivity index (χ3n) is 8.17. The number of nitrogens with zero attached hydrogens (tertiary/aromatic N) is 2. The van der Waals surface area contributed by atoms with Gasteiger partial charge < -0.3 is 19.6 Å². The number of anilines is 1. The Kier molecular flexibility index (Phi) is 8.65. The van der Waals surface area contributed by atoms with Crippen LogP contribution in [-0.4, -0.2) is 69.6 Å². The van der Waals surface area contributed by atoms with Crippen LogP contribution < -0.4 is 4.90 Å². The lowest BCUT2D eigenvalue weighted by Gasteiger charge is -2.37. The van der Waals surface area contributed by atoms with Crippen molar-refractivity contribution in [1.82, 2.24) is 4.90 Å². The van der Waals surface area contributed by atoms with E-state index in [1.54, 1.807) is 39.8 Å². The monoisotopic (exact) mass is 560 g/mol. The van der Waals surface area contributed by atoms with Gasteiger partial charge in [-0.1, -0.05) is 35.9 Å². The SMILES string of the molecule is C=CCCOC(=O)[C@@H]1[C@H]2C(=O)N(CCCCO)C(C(=O)N(CC=C)c3c(C)cccc3Cl)C23CC[C@@]1(C)S3. The Bertz CT molecular complexity index is 1110. The van der Waals surface area contributed by atoms with E-state index in [2.05, 4.69) is 13.2 Å². The topological polar surface area (TPSA) is 87.1 Å². The minimum atomic E-state index is -0.771. The van der Waals surface area contributed by atoms with Crippen molar-refractivity contribution in [2.24, 2.45) is 11.8 Å². The summed E-state index contributed by atoms with van der Waals surface area (Å²) < 4.78 is 4.35. The second kappa shape index (κ2) is 11.4. The largest absolute Gasteiger partial charge is 0.465 e. The van der Waals surface area contributed by atoms with Gasteiger partial charge in [-0.25, -0.2) is 0 Å². The van der Waals surface area contributed by atoms with E-state index in [0.29, 0.717) is 49.4 Å². The molecule has 1 aromatic rings. The lowest BCUT2D eigenvalue weighted by molar-refractivity contribution is -0.155. The third kappa shape index (κ3) is 4.69. The van der Waals surface area contributed by atoms with E-state index in [9.17, 15) is 19.5 Å². The minimum Gasteiger partial charge on any atom is -0.465 e. The maximum absolute atomic E-state index is 14.6. The standard InChI is InChI=1S/C29H37ClN2O5S/c1-5-7-18-37-27(36)22-21-25(34)32(16-8-9-17-33)24(29(21)14-13-28(22,4)38-29)26(35)31(15-6-2)23-19(3)11-10-12-20(23)30/h5-6,10-12,21-22,24,33H,1-2,7-9,13-18H2,3-4H3/t21-,22-,24?,28+,29?/m0/s1. The van der Waals surface area contributed by atoms with Crippen molar-refractivity contribution in [1.29, 1.82) is 0 Å². The van der Waals surface area contributed by atoms with Crippen molar-refractivity contribution in [3.63, 3.8) is 0 Å². The van der Waals surface area contributed by atoms with Gasteiger partial charge >= 0.3 is 5.97 Å². The molecular weight excluding hydrogens is 524 g/mol. The van der Waals surface area contributed by atoms with E-state index in [4.69, 9.17) is 16.3 Å². The number of hydrogen-bond acceptors (Lipinski definition) is 6. The molecule has 3 aliphatic heterocycles. The molecule has 3 aliphatic rings. The third-order valence-corrected chi connectivity index (χ3v) is 10.5. The molecule has 0 saturated carbocycles. The zero-order chi connectivity index (χ0) is 27.7. The first-order valence-electron chi connectivity index (χ1n) is 13.2. The van der Waals surface area contributed by atoms with Gasteiger partial charge in [0.15, 0.2) is 0 Å². The van der Waals surface area contributed by atoms with Crippen molar-refractivity contribution < 1.29 is 24.2 Å². The number of fused-ring (bicyclic) bond motifs is 1. The molecule has 1 spiro atoms. The van der Waals surface area contributed by atoms with Crippen LogP contribution in [0, 0.1) is 18.8 Å². The molecule has 1 N–H and O–H groups in total. The van der Waals surface area contributed by atoms with Gasteiger partial charge in [0, 0.05) is 24.4 Å². The van der Waals surface area contributed by atoms with Gasteiger partial charge in [0.1, 0.15) is 6.04 Å². The number of aliphatic hydroxyl groups excluding tert-OH is 1. The Labute approximate surface area is 234 Å². The Morgan fingerprint density at radius 2 is 2.05 bits per heavy atom. The number of halogens is 1. The first-order valence-corrected chi connectivity index (χ1v) is 14.4. The van der Waals surface area contributed by atoms with Gasteiger partial charge in [-0.05, 0) is 57.6 Å². The number of benzene rings is 1. The number of carbonyl (C=O) groups is 3. The summed E-state index contributed by atoms with van der Waals surface area (Å²) in [5.74, 6) is -2.07. The van der Waals surface area contributed by atoms with Crippen LogP contribution in [0.4, 0.5) is 5.69 Å². The number of para-hydroxylation sites is 1. The summed E-state index contributed by atoms with van der Waals surface area (Å²) in [5.41, 5.74) is 1.45. The molecule has 38 heavy (non-hydrogen) atoms. The molecule has 3 heterocycles. The Morgan fingerprint density at radius 3 is 2.71 bits per heavy atom. The fraction of sp³-hybridized carbons (Fsp3) is 0.552. The number of esters is 1. The Morgan fingerprint density at radius 1 is 1.29 bits per heavy atom. The van der Waals surface area contributed by atoms with E-state index in [1.165, 1.54) is 0 Å². The van der Waals surface area contributed by atoms with Crippen molar-refractivity contribution in [2.45, 2.75) is 61.5 Å². The second-order valence-electron chi connectivity index (χ2n) is 10.6. The summed E-state index contributed by atoms with van der Waals surface area (Å²) in [6.45, 7) is 12.2. The average molecular weight is 561 g/mol. The zero-order valence-corrected chi connectivity index (χ0v) is 23.7. The molecule has 4 rings (SSSR count). The summed E-state index contributed by atoms with van der Waals surface area (Å²) in [6, 6.07) is 4.72. The number of hydrogen-bond donors (Lipinski definition) is 1. The highest BCUT2D eigenvalue weighted by molar-refractivity contribution is 8.02. The molecule has 3 fully saturated rings. The van der Waals surface area contributed by atoms with Gasteiger partial charge in [0.2, 0.25) is 5.91 Å². The van der Waals surface area contributed by atoms with Gasteiger partial charge in [0.25, 0.3) is 5.91 Å². The summed E-state index contributed by atoms with van der Waals surface area (Å²) in [5, 5.41) is 9.84. The molecule has 0 aromatic heterocycles. The smallest absolute Gasteiger partial charge is 0.311 e. The summed E-state index contributed by atoms with van der Waals surface area (Å²) >= 11 is 8.21. The van der Waals surface area contributed by atoms with Crippen molar-refractivity contribution in [2.75, 3.05) is 31.2 Å². The number of thioether (sulfide) groups is 1. The zero-order valence-electron chi connectivity index (χ0n) is 22.2. The molecule has 206 valence electrons. The van der Waals surface area contributed by atoms with E-state index >= 15 is 0 Å². The van der Waals surface area contributed by atoms with Gasteiger partial charge in [-0.15, -0.1) is 24.9 Å². The lowest BCUT2D eigenvalue weighted by atomic mass is 9.66. The Hall–Kier alpha value is -2.29. The summed E-state index contributed by atoms with van der Waals surface area (Å²) in [6.07, 6.45) is 6.31. The molecule has 5 atom stereocenters. The van der Waals surface area contributed by atoms with Crippen LogP contribution in [0.25, 0.3) is 0 Å². The maximum atomic E-state index is 14.6. The number of aliphatic hydroxyl groups is 1. The lowest BCUT2D eigenvalue weighted by Crippen LogP contribution is -2.55. The normalized spacial score (nSPS) is 29.3. The van der Waals surface area contributed by atoms with Gasteiger partial charge in [-0.3, -0.25) is 14.4 Å². The predicted octanol–water partition coefficient (Wildman–Crippen LogP) is 4.54. The fourth-order valence-corrected chi connectivity index (χ4v) is 9.23. The number of likely N-dealkylation sites (tertiary alicyclic amines) is 1. The molecule has 9 heteroatoms. The van der Waals surface area contributed by atoms with E-state index < -0.39 is 27.4 Å². The minimum absolute atomic E-state index is 0.00168. The van der Waals surface area contributed by atoms with Crippen LogP contribution in [-0.2, 0) is 19.1 Å². The van der Waals surface area contributed by atoms with Gasteiger partial charge in [-0.2, -0.15) is 0 Å². The highest BCUT2D eigenvalue weighted by Gasteiger charge is 2.77. The van der Waals surface area contributed by atoms with Crippen LogP contribution in [0.15, 0.2) is 43.5 Å². The Balaban J connectivity index is 1.78. The highest BCUT2D eigenvalue weighted by atomic mass is 35.5. The van der Waals surface area contributed by atoms with Crippen LogP contribution in [0.1, 0.15) is 44.6 Å². The molecule has 2 amide bonds. The molecule has 1 aromatic carbocycles. The van der Waals surface area contributed by atoms with E-state index in [1.807, 2.05) is 26.0 Å². The van der Waals surface area contributed by atoms with Crippen LogP contribution in [0.2, 0.25) is 5.02 Å². The highest BCUT2D eigenvalue weighted by Crippen LogP contribution is 2.71. The van der Waals surface area contributed by atoms with Crippen LogP contribution in [0.5, 0.6) is 0 Å². The molecule has 3 saturated heterocycles. The number of ether oxygens (including phenoxy) is 1. The second-order valence-corrected chi connectivity index (χ2v) is 12.9. The fourth-order valence-electron chi connectivity index (χ4n) is 6.56. The molecule has 2 unspecified atom stereocenters. The molecule has 7 nitrogen and oxygen atoms in total. The average Bonchev–Trinajstić information content (AvgIpc) is 3.44. The number of amides is 2. The molecule has 0 aliphatic carbocycles. The first kappa shape index (κ1) is 28.7. The number of carbonyl (C=O) groups excluding carboxylic acids is 3. The van der Waals surface area contributed by atoms with Crippen molar-refractivity contribution >= 4 is 46.8 Å². The maximum Gasteiger partial charge on any atom is 0.311 e. The van der Waals surface area contributed by atoms with E-state index in [0.717, 1.165) is 5.56 Å². The van der Waals surface area contributed by atoms with Gasteiger partial charge in [0.05, 0.1) is 33.9 Å². The number of rotatable bonds is 12. The van der Waals surface area contributed by atoms with Crippen LogP contribution >= 0.6 is 23.4 Å². The van der Waals surface area contributed by atoms with Crippen molar-refractivity contribution in [3.8, 4) is 0 Å². The summed E-state index contributed by atoms with van der Waals surface area (Å²) in [7, 11) is 0. The summed E-state index contributed by atoms with van der Waals surface area (Å²) in [4.78, 5) is 45.4. The van der Waals surface area contributed by atoms with Crippen LogP contribution in [0.3, 0.4) is 0 Å². The molecule has 2 bridgehead atoms. The quantitative estimate of drug-likeness (QED) is 0.229. The molecular formula is C29H37ClN2O5S. The first-order chi connectivity index (χ1) is 18.2. The number of unbranched alkanes of at least 4 members (excludes halogenated alkanes) is 1.